The number of fused-ring (bicyclic) bond motifs is 1. The third-order valence-electron chi connectivity index (χ3n) is 2.46. The molecule has 1 aliphatic rings. The Hall–Kier alpha value is -1.38. The van der Waals surface area contributed by atoms with Crippen LogP contribution < -0.4 is 0 Å². The fraction of sp³-hybridized carbons (Fsp3) is 0.400. The van der Waals surface area contributed by atoms with E-state index in [1.807, 2.05) is 23.4 Å². The molecule has 3 heteroatoms. The van der Waals surface area contributed by atoms with Crippen LogP contribution in [-0.2, 0) is 17.8 Å². The first kappa shape index (κ1) is 8.23. The predicted octanol–water partition coefficient (Wildman–Crippen LogP) is 0.986. The Morgan fingerprint density at radius 2 is 2.38 bits per heavy atom. The maximum atomic E-state index is 11.1. The lowest BCUT2D eigenvalue weighted by molar-refractivity contribution is -0.129. The third-order valence-corrected chi connectivity index (χ3v) is 2.46. The van der Waals surface area contributed by atoms with Gasteiger partial charge >= 0.3 is 0 Å². The fourth-order valence-electron chi connectivity index (χ4n) is 1.65. The maximum absolute atomic E-state index is 11.1. The number of rotatable bonds is 0. The van der Waals surface area contributed by atoms with Crippen LogP contribution in [0.4, 0.5) is 0 Å². The van der Waals surface area contributed by atoms with Crippen molar-refractivity contribution in [2.45, 2.75) is 19.9 Å². The van der Waals surface area contributed by atoms with Crippen LogP contribution in [0.2, 0.25) is 0 Å². The summed E-state index contributed by atoms with van der Waals surface area (Å²) in [6.07, 6.45) is 4.62. The average molecular weight is 176 g/mol. The van der Waals surface area contributed by atoms with Crippen LogP contribution in [-0.4, -0.2) is 22.3 Å². The minimum atomic E-state index is 0.148. The Kier molecular flexibility index (Phi) is 2.00. The van der Waals surface area contributed by atoms with Gasteiger partial charge < -0.3 is 4.90 Å². The summed E-state index contributed by atoms with van der Waals surface area (Å²) in [5.74, 6) is 0.148. The highest BCUT2D eigenvalue weighted by Gasteiger charge is 2.17. The molecule has 0 unspecified atom stereocenters. The van der Waals surface area contributed by atoms with Gasteiger partial charge in [-0.25, -0.2) is 0 Å². The van der Waals surface area contributed by atoms with E-state index in [1.165, 1.54) is 11.1 Å². The molecule has 0 saturated heterocycles. The smallest absolute Gasteiger partial charge is 0.219 e. The van der Waals surface area contributed by atoms with Crippen molar-refractivity contribution in [1.82, 2.24) is 9.88 Å². The molecule has 1 aromatic heterocycles. The van der Waals surface area contributed by atoms with Gasteiger partial charge in [-0.05, 0) is 23.6 Å². The highest BCUT2D eigenvalue weighted by atomic mass is 16.2. The van der Waals surface area contributed by atoms with E-state index >= 15 is 0 Å². The van der Waals surface area contributed by atoms with Gasteiger partial charge in [0, 0.05) is 32.4 Å². The van der Waals surface area contributed by atoms with Gasteiger partial charge in [0.15, 0.2) is 0 Å². The number of carbonyl (C=O) groups is 1. The first-order valence-corrected chi connectivity index (χ1v) is 4.44. The quantitative estimate of drug-likeness (QED) is 0.590. The molecule has 13 heavy (non-hydrogen) atoms. The van der Waals surface area contributed by atoms with Crippen LogP contribution in [0.5, 0.6) is 0 Å². The molecule has 3 nitrogen and oxygen atoms in total. The Morgan fingerprint density at radius 3 is 3.15 bits per heavy atom. The summed E-state index contributed by atoms with van der Waals surface area (Å²) in [6.45, 7) is 3.17. The van der Waals surface area contributed by atoms with Crippen LogP contribution in [0.25, 0.3) is 0 Å². The van der Waals surface area contributed by atoms with Crippen molar-refractivity contribution >= 4 is 5.91 Å². The zero-order chi connectivity index (χ0) is 9.26. The van der Waals surface area contributed by atoms with E-state index in [2.05, 4.69) is 4.98 Å². The van der Waals surface area contributed by atoms with Gasteiger partial charge in [0.1, 0.15) is 0 Å². The highest BCUT2D eigenvalue weighted by molar-refractivity contribution is 5.73. The number of pyridine rings is 1. The summed E-state index contributed by atoms with van der Waals surface area (Å²) in [5, 5.41) is 0. The number of hydrogen-bond acceptors (Lipinski definition) is 2. The summed E-state index contributed by atoms with van der Waals surface area (Å²) in [6, 6.07) is 2.03. The molecule has 0 radical (unpaired) electrons. The molecule has 0 fully saturated rings. The van der Waals surface area contributed by atoms with Crippen molar-refractivity contribution in [2.75, 3.05) is 6.54 Å². The molecule has 1 aromatic rings. The second-order valence-corrected chi connectivity index (χ2v) is 3.33. The zero-order valence-corrected chi connectivity index (χ0v) is 7.66. The summed E-state index contributed by atoms with van der Waals surface area (Å²) < 4.78 is 0. The van der Waals surface area contributed by atoms with Crippen molar-refractivity contribution in [3.63, 3.8) is 0 Å². The van der Waals surface area contributed by atoms with E-state index < -0.39 is 0 Å². The van der Waals surface area contributed by atoms with E-state index in [1.54, 1.807) is 6.92 Å². The number of amides is 1. The van der Waals surface area contributed by atoms with E-state index in [0.29, 0.717) is 0 Å². The van der Waals surface area contributed by atoms with E-state index in [9.17, 15) is 4.79 Å². The van der Waals surface area contributed by atoms with E-state index in [0.717, 1.165) is 19.5 Å². The Bertz CT molecular complexity index is 335. The topological polar surface area (TPSA) is 33.2 Å². The van der Waals surface area contributed by atoms with E-state index in [4.69, 9.17) is 0 Å². The Balaban J connectivity index is 2.24. The molecule has 0 aliphatic carbocycles. The molecular weight excluding hydrogens is 164 g/mol. The molecule has 68 valence electrons. The van der Waals surface area contributed by atoms with Crippen molar-refractivity contribution < 1.29 is 4.79 Å². The minimum absolute atomic E-state index is 0.148. The Morgan fingerprint density at radius 1 is 1.54 bits per heavy atom. The second-order valence-electron chi connectivity index (χ2n) is 3.33. The molecular formula is C10H12N2O. The lowest BCUT2D eigenvalue weighted by atomic mass is 10.0. The van der Waals surface area contributed by atoms with Crippen molar-refractivity contribution in [2.24, 2.45) is 0 Å². The SMILES string of the molecule is CC(=O)N1CCc2ccncc2C1. The fourth-order valence-corrected chi connectivity index (χ4v) is 1.65. The van der Waals surface area contributed by atoms with Crippen LogP contribution >= 0.6 is 0 Å². The third kappa shape index (κ3) is 1.54. The molecule has 0 spiro atoms. The van der Waals surface area contributed by atoms with Crippen LogP contribution in [0.1, 0.15) is 18.1 Å². The predicted molar refractivity (Wildman–Crippen MR) is 49.0 cm³/mol. The first-order valence-electron chi connectivity index (χ1n) is 4.44. The normalized spacial score (nSPS) is 15.3. The van der Waals surface area contributed by atoms with Gasteiger partial charge in [-0.3, -0.25) is 9.78 Å². The van der Waals surface area contributed by atoms with Gasteiger partial charge in [-0.1, -0.05) is 0 Å². The van der Waals surface area contributed by atoms with E-state index in [-0.39, 0.29) is 5.91 Å². The number of hydrogen-bond donors (Lipinski definition) is 0. The number of nitrogens with zero attached hydrogens (tertiary/aromatic N) is 2. The molecule has 0 bridgehead atoms. The summed E-state index contributed by atoms with van der Waals surface area (Å²) in [7, 11) is 0. The summed E-state index contributed by atoms with van der Waals surface area (Å²) in [5.41, 5.74) is 2.51. The first-order chi connectivity index (χ1) is 6.27. The number of aromatic nitrogens is 1. The molecule has 2 rings (SSSR count). The van der Waals surface area contributed by atoms with Crippen LogP contribution in [0.3, 0.4) is 0 Å². The molecule has 0 atom stereocenters. The van der Waals surface area contributed by atoms with Crippen LogP contribution in [0.15, 0.2) is 18.5 Å². The van der Waals surface area contributed by atoms with Crippen molar-refractivity contribution in [1.29, 1.82) is 0 Å². The second kappa shape index (κ2) is 3.17. The summed E-state index contributed by atoms with van der Waals surface area (Å²) >= 11 is 0. The standard InChI is InChI=1S/C10H12N2O/c1-8(13)12-5-3-9-2-4-11-6-10(9)7-12/h2,4,6H,3,5,7H2,1H3. The lowest BCUT2D eigenvalue weighted by Gasteiger charge is -2.27. The zero-order valence-electron chi connectivity index (χ0n) is 7.66. The molecule has 1 amide bonds. The molecule has 2 heterocycles. The monoisotopic (exact) mass is 176 g/mol. The average Bonchev–Trinajstić information content (AvgIpc) is 2.17. The van der Waals surface area contributed by atoms with Gasteiger partial charge in [-0.2, -0.15) is 0 Å². The number of carbonyl (C=O) groups excluding carboxylic acids is 1. The van der Waals surface area contributed by atoms with Gasteiger partial charge in [0.25, 0.3) is 0 Å². The van der Waals surface area contributed by atoms with Crippen LogP contribution in [0, 0.1) is 0 Å². The minimum Gasteiger partial charge on any atom is -0.338 e. The van der Waals surface area contributed by atoms with Gasteiger partial charge in [0.05, 0.1) is 0 Å². The van der Waals surface area contributed by atoms with Gasteiger partial charge in [0.2, 0.25) is 5.91 Å². The molecule has 0 aromatic carbocycles. The summed E-state index contributed by atoms with van der Waals surface area (Å²) in [4.78, 5) is 17.0. The molecule has 0 saturated carbocycles. The van der Waals surface area contributed by atoms with Crippen molar-refractivity contribution in [3.05, 3.63) is 29.6 Å². The maximum Gasteiger partial charge on any atom is 0.219 e. The molecule has 1 aliphatic heterocycles. The van der Waals surface area contributed by atoms with Crippen molar-refractivity contribution in [3.8, 4) is 0 Å². The Labute approximate surface area is 77.4 Å². The van der Waals surface area contributed by atoms with Gasteiger partial charge in [-0.15, -0.1) is 0 Å². The largest absolute Gasteiger partial charge is 0.338 e. The lowest BCUT2D eigenvalue weighted by Crippen LogP contribution is -2.34. The highest BCUT2D eigenvalue weighted by Crippen LogP contribution is 2.16. The molecule has 0 N–H and O–H groups in total.